The zero-order valence-electron chi connectivity index (χ0n) is 9.89. The lowest BCUT2D eigenvalue weighted by atomic mass is 10.1. The standard InChI is InChI=1S/C11H21N3O/c1-11(2,3)13-10(15)6-8-14-7-4-5-9(14)12/h12H,4-8H2,1-3H3,(H,13,15). The van der Waals surface area contributed by atoms with E-state index in [0.717, 1.165) is 19.4 Å². The van der Waals surface area contributed by atoms with E-state index in [1.54, 1.807) is 0 Å². The molecular formula is C11H21N3O. The normalized spacial score (nSPS) is 17.0. The Balaban J connectivity index is 2.25. The zero-order chi connectivity index (χ0) is 11.5. The van der Waals surface area contributed by atoms with Gasteiger partial charge in [-0.05, 0) is 27.2 Å². The summed E-state index contributed by atoms with van der Waals surface area (Å²) in [6.45, 7) is 7.54. The summed E-state index contributed by atoms with van der Waals surface area (Å²) in [5.74, 6) is 0.751. The molecule has 2 N–H and O–H groups in total. The van der Waals surface area contributed by atoms with E-state index in [-0.39, 0.29) is 11.4 Å². The van der Waals surface area contributed by atoms with E-state index < -0.39 is 0 Å². The Hall–Kier alpha value is -1.06. The topological polar surface area (TPSA) is 56.2 Å². The van der Waals surface area contributed by atoms with Crippen LogP contribution < -0.4 is 5.32 Å². The minimum atomic E-state index is -0.157. The van der Waals surface area contributed by atoms with Crippen LogP contribution in [0.1, 0.15) is 40.0 Å². The largest absolute Gasteiger partial charge is 0.360 e. The van der Waals surface area contributed by atoms with Gasteiger partial charge in [0.2, 0.25) is 5.91 Å². The molecule has 0 saturated carbocycles. The Morgan fingerprint density at radius 2 is 2.20 bits per heavy atom. The molecule has 0 aliphatic carbocycles. The van der Waals surface area contributed by atoms with Gasteiger partial charge in [-0.15, -0.1) is 0 Å². The average Bonchev–Trinajstić information content (AvgIpc) is 2.44. The Morgan fingerprint density at radius 3 is 2.67 bits per heavy atom. The fraction of sp³-hybridized carbons (Fsp3) is 0.818. The summed E-state index contributed by atoms with van der Waals surface area (Å²) in [5.41, 5.74) is -0.157. The van der Waals surface area contributed by atoms with Gasteiger partial charge in [-0.3, -0.25) is 10.2 Å². The molecule has 0 bridgehead atoms. The lowest BCUT2D eigenvalue weighted by Gasteiger charge is -2.22. The fourth-order valence-electron chi connectivity index (χ4n) is 1.69. The molecule has 0 aromatic rings. The second-order valence-electron chi connectivity index (χ2n) is 5.09. The van der Waals surface area contributed by atoms with Crippen molar-refractivity contribution >= 4 is 11.7 Å². The van der Waals surface area contributed by atoms with Crippen molar-refractivity contribution in [1.29, 1.82) is 5.41 Å². The van der Waals surface area contributed by atoms with E-state index in [2.05, 4.69) is 5.32 Å². The minimum Gasteiger partial charge on any atom is -0.360 e. The van der Waals surface area contributed by atoms with Crippen LogP contribution in [0.25, 0.3) is 0 Å². The van der Waals surface area contributed by atoms with Gasteiger partial charge in [0, 0.05) is 31.5 Å². The van der Waals surface area contributed by atoms with E-state index in [0.29, 0.717) is 18.8 Å². The number of rotatable bonds is 3. The maximum Gasteiger partial charge on any atom is 0.222 e. The van der Waals surface area contributed by atoms with Crippen LogP contribution in [0, 0.1) is 5.41 Å². The second kappa shape index (κ2) is 4.64. The number of nitrogens with one attached hydrogen (secondary N) is 2. The minimum absolute atomic E-state index is 0.0715. The molecule has 0 aromatic heterocycles. The van der Waals surface area contributed by atoms with Crippen molar-refractivity contribution in [2.45, 2.75) is 45.6 Å². The quantitative estimate of drug-likeness (QED) is 0.740. The van der Waals surface area contributed by atoms with Crippen LogP contribution in [-0.2, 0) is 4.79 Å². The number of likely N-dealkylation sites (tertiary alicyclic amines) is 1. The summed E-state index contributed by atoms with van der Waals surface area (Å²) in [4.78, 5) is 13.5. The van der Waals surface area contributed by atoms with Crippen molar-refractivity contribution in [2.24, 2.45) is 0 Å². The Morgan fingerprint density at radius 1 is 1.53 bits per heavy atom. The molecule has 1 aliphatic rings. The van der Waals surface area contributed by atoms with Gasteiger partial charge in [-0.2, -0.15) is 0 Å². The first-order chi connectivity index (χ1) is 6.88. The molecule has 4 nitrogen and oxygen atoms in total. The molecule has 1 heterocycles. The second-order valence-corrected chi connectivity index (χ2v) is 5.09. The monoisotopic (exact) mass is 211 g/mol. The van der Waals surface area contributed by atoms with E-state index in [1.165, 1.54) is 0 Å². The van der Waals surface area contributed by atoms with Crippen LogP contribution in [0.3, 0.4) is 0 Å². The number of carbonyl (C=O) groups is 1. The van der Waals surface area contributed by atoms with Crippen molar-refractivity contribution in [3.05, 3.63) is 0 Å². The third-order valence-electron chi connectivity index (χ3n) is 2.35. The summed E-state index contributed by atoms with van der Waals surface area (Å²) in [6.07, 6.45) is 2.40. The molecule has 1 rings (SSSR count). The molecule has 0 radical (unpaired) electrons. The van der Waals surface area contributed by atoms with Crippen LogP contribution in [0.2, 0.25) is 0 Å². The lowest BCUT2D eigenvalue weighted by Crippen LogP contribution is -2.42. The first-order valence-corrected chi connectivity index (χ1v) is 5.52. The highest BCUT2D eigenvalue weighted by atomic mass is 16.1. The zero-order valence-corrected chi connectivity index (χ0v) is 9.89. The number of hydrogen-bond acceptors (Lipinski definition) is 2. The maximum atomic E-state index is 11.5. The SMILES string of the molecule is CC(C)(C)NC(=O)CCN1CCCC1=N. The van der Waals surface area contributed by atoms with Crippen LogP contribution >= 0.6 is 0 Å². The highest BCUT2D eigenvalue weighted by molar-refractivity contribution is 5.82. The van der Waals surface area contributed by atoms with Gasteiger partial charge in [-0.1, -0.05) is 0 Å². The molecule has 0 atom stereocenters. The highest BCUT2D eigenvalue weighted by Crippen LogP contribution is 2.10. The predicted molar refractivity (Wildman–Crippen MR) is 61.0 cm³/mol. The number of amides is 1. The molecule has 0 aromatic carbocycles. The summed E-state index contributed by atoms with van der Waals surface area (Å²) in [6, 6.07) is 0. The molecule has 1 amide bonds. The van der Waals surface area contributed by atoms with Crippen molar-refractivity contribution < 1.29 is 4.79 Å². The van der Waals surface area contributed by atoms with Crippen molar-refractivity contribution in [1.82, 2.24) is 10.2 Å². The van der Waals surface area contributed by atoms with E-state index >= 15 is 0 Å². The number of amidine groups is 1. The predicted octanol–water partition coefficient (Wildman–Crippen LogP) is 1.36. The van der Waals surface area contributed by atoms with E-state index in [1.807, 2.05) is 25.7 Å². The molecule has 1 aliphatic heterocycles. The van der Waals surface area contributed by atoms with Crippen LogP contribution in [-0.4, -0.2) is 35.3 Å². The van der Waals surface area contributed by atoms with Gasteiger partial charge in [0.25, 0.3) is 0 Å². The van der Waals surface area contributed by atoms with Gasteiger partial charge >= 0.3 is 0 Å². The summed E-state index contributed by atoms with van der Waals surface area (Å²) < 4.78 is 0. The average molecular weight is 211 g/mol. The molecule has 15 heavy (non-hydrogen) atoms. The number of nitrogens with zero attached hydrogens (tertiary/aromatic N) is 1. The summed E-state index contributed by atoms with van der Waals surface area (Å²) in [7, 11) is 0. The van der Waals surface area contributed by atoms with Gasteiger partial charge in [0.05, 0.1) is 5.84 Å². The van der Waals surface area contributed by atoms with Gasteiger partial charge < -0.3 is 10.2 Å². The van der Waals surface area contributed by atoms with Crippen LogP contribution in [0.5, 0.6) is 0 Å². The number of hydrogen-bond donors (Lipinski definition) is 2. The van der Waals surface area contributed by atoms with Crippen LogP contribution in [0.15, 0.2) is 0 Å². The molecule has 1 saturated heterocycles. The third kappa shape index (κ3) is 4.32. The molecular weight excluding hydrogens is 190 g/mol. The molecule has 0 unspecified atom stereocenters. The molecule has 0 spiro atoms. The van der Waals surface area contributed by atoms with Gasteiger partial charge in [0.1, 0.15) is 0 Å². The Kier molecular flexibility index (Phi) is 3.72. The van der Waals surface area contributed by atoms with Crippen LogP contribution in [0.4, 0.5) is 0 Å². The maximum absolute atomic E-state index is 11.5. The van der Waals surface area contributed by atoms with Gasteiger partial charge in [0.15, 0.2) is 0 Å². The Bertz CT molecular complexity index is 255. The smallest absolute Gasteiger partial charge is 0.222 e. The highest BCUT2D eigenvalue weighted by Gasteiger charge is 2.19. The van der Waals surface area contributed by atoms with Crippen molar-refractivity contribution in [3.8, 4) is 0 Å². The van der Waals surface area contributed by atoms with Crippen molar-refractivity contribution in [3.63, 3.8) is 0 Å². The fourth-order valence-corrected chi connectivity index (χ4v) is 1.69. The first-order valence-electron chi connectivity index (χ1n) is 5.52. The first kappa shape index (κ1) is 12.0. The van der Waals surface area contributed by atoms with Crippen molar-refractivity contribution in [2.75, 3.05) is 13.1 Å². The van der Waals surface area contributed by atoms with E-state index in [9.17, 15) is 4.79 Å². The third-order valence-corrected chi connectivity index (χ3v) is 2.35. The molecule has 86 valence electrons. The van der Waals surface area contributed by atoms with Gasteiger partial charge in [-0.25, -0.2) is 0 Å². The molecule has 4 heteroatoms. The molecule has 1 fully saturated rings. The lowest BCUT2D eigenvalue weighted by molar-refractivity contribution is -0.122. The Labute approximate surface area is 91.5 Å². The summed E-state index contributed by atoms with van der Waals surface area (Å²) >= 11 is 0. The number of carbonyl (C=O) groups excluding carboxylic acids is 1. The summed E-state index contributed by atoms with van der Waals surface area (Å²) in [5, 5.41) is 10.5. The van der Waals surface area contributed by atoms with E-state index in [4.69, 9.17) is 5.41 Å².